The van der Waals surface area contributed by atoms with Crippen LogP contribution < -0.4 is 5.32 Å². The summed E-state index contributed by atoms with van der Waals surface area (Å²) in [5, 5.41) is 18.2. The maximum Gasteiger partial charge on any atom is 0.272 e. The molecule has 0 saturated heterocycles. The zero-order valence-electron chi connectivity index (χ0n) is 21.7. The van der Waals surface area contributed by atoms with Gasteiger partial charge in [0.25, 0.3) is 11.8 Å². The third-order valence-electron chi connectivity index (χ3n) is 6.76. The Balaban J connectivity index is 1.87. The average molecular weight is 528 g/mol. The van der Waals surface area contributed by atoms with Crippen LogP contribution in [0.3, 0.4) is 0 Å². The fourth-order valence-corrected chi connectivity index (χ4v) is 4.67. The lowest BCUT2D eigenvalue weighted by molar-refractivity contribution is -0.119. The fourth-order valence-electron chi connectivity index (χ4n) is 4.67. The zero-order valence-corrected chi connectivity index (χ0v) is 21.7. The van der Waals surface area contributed by atoms with Crippen molar-refractivity contribution in [2.45, 2.75) is 51.6 Å². The number of halogens is 1. The normalized spacial score (nSPS) is 14.1. The number of amides is 2. The molecule has 8 nitrogen and oxygen atoms in total. The smallest absolute Gasteiger partial charge is 0.272 e. The first-order valence-corrected chi connectivity index (χ1v) is 12.9. The molecule has 0 radical (unpaired) electrons. The highest BCUT2D eigenvalue weighted by Crippen LogP contribution is 2.28. The van der Waals surface area contributed by atoms with Gasteiger partial charge in [-0.15, -0.1) is 0 Å². The van der Waals surface area contributed by atoms with Gasteiger partial charge in [-0.2, -0.15) is 0 Å². The van der Waals surface area contributed by atoms with Crippen molar-refractivity contribution >= 4 is 23.3 Å². The van der Waals surface area contributed by atoms with Gasteiger partial charge in [0, 0.05) is 22.1 Å². The Hall–Kier alpha value is -4.62. The van der Waals surface area contributed by atoms with E-state index in [0.29, 0.717) is 11.1 Å². The van der Waals surface area contributed by atoms with Crippen LogP contribution in [0, 0.1) is 12.7 Å². The third kappa shape index (κ3) is 6.83. The lowest BCUT2D eigenvalue weighted by Crippen LogP contribution is -2.43. The molecule has 0 unspecified atom stereocenters. The van der Waals surface area contributed by atoms with Crippen LogP contribution in [0.15, 0.2) is 83.6 Å². The van der Waals surface area contributed by atoms with Gasteiger partial charge in [0.05, 0.1) is 12.2 Å². The van der Waals surface area contributed by atoms with E-state index in [1.54, 1.807) is 36.4 Å². The predicted molar refractivity (Wildman–Crippen MR) is 147 cm³/mol. The summed E-state index contributed by atoms with van der Waals surface area (Å²) in [5.74, 6) is -2.08. The molecule has 3 aromatic carbocycles. The Morgan fingerprint density at radius 3 is 2.36 bits per heavy atom. The van der Waals surface area contributed by atoms with E-state index < -0.39 is 17.6 Å². The Morgan fingerprint density at radius 1 is 1.03 bits per heavy atom. The molecule has 1 saturated carbocycles. The van der Waals surface area contributed by atoms with Crippen LogP contribution in [-0.2, 0) is 11.3 Å². The van der Waals surface area contributed by atoms with Crippen molar-refractivity contribution < 1.29 is 19.1 Å². The van der Waals surface area contributed by atoms with Crippen LogP contribution in [-0.4, -0.2) is 27.9 Å². The highest BCUT2D eigenvalue weighted by molar-refractivity contribution is 6.08. The van der Waals surface area contributed by atoms with Crippen LogP contribution in [0.5, 0.6) is 0 Å². The number of nitrogens with zero attached hydrogens (tertiary/aromatic N) is 4. The molecule has 0 atom stereocenters. The first kappa shape index (κ1) is 27.4. The fraction of sp³-hybridized carbons (Fsp3) is 0.267. The Morgan fingerprint density at radius 2 is 1.69 bits per heavy atom. The number of aryl methyl sites for hydroxylation is 1. The highest BCUT2D eigenvalue weighted by atomic mass is 19.1. The van der Waals surface area contributed by atoms with Gasteiger partial charge in [0.15, 0.2) is 11.5 Å². The van der Waals surface area contributed by atoms with Gasteiger partial charge in [0.1, 0.15) is 5.82 Å². The Kier molecular flexibility index (Phi) is 8.97. The molecule has 4 rings (SSSR count). The predicted octanol–water partition coefficient (Wildman–Crippen LogP) is 7.09. The van der Waals surface area contributed by atoms with Crippen LogP contribution in [0.4, 0.5) is 10.1 Å². The molecular formula is C30H30FN5O3. The summed E-state index contributed by atoms with van der Waals surface area (Å²) in [5.41, 5.74) is 10.8. The number of nitrogens with one attached hydrogen (secondary N) is 1. The molecule has 1 aliphatic carbocycles. The highest BCUT2D eigenvalue weighted by Gasteiger charge is 2.31. The molecule has 0 heterocycles. The molecule has 9 heteroatoms. The van der Waals surface area contributed by atoms with Crippen LogP contribution in [0.2, 0.25) is 0 Å². The van der Waals surface area contributed by atoms with Crippen molar-refractivity contribution in [3.05, 3.63) is 117 Å². The van der Waals surface area contributed by atoms with Crippen LogP contribution in [0.25, 0.3) is 16.2 Å². The van der Waals surface area contributed by atoms with Gasteiger partial charge in [-0.1, -0.05) is 84.5 Å². The van der Waals surface area contributed by atoms with Gasteiger partial charge in [-0.05, 0) is 49.1 Å². The Labute approximate surface area is 226 Å². The largest absolute Gasteiger partial charge is 0.505 e. The number of rotatable bonds is 8. The number of aliphatic hydroxyl groups excluding tert-OH is 1. The molecule has 1 fully saturated rings. The van der Waals surface area contributed by atoms with Crippen molar-refractivity contribution in [2.75, 3.05) is 0 Å². The molecule has 0 aromatic heterocycles. The summed E-state index contributed by atoms with van der Waals surface area (Å²) in [6, 6.07) is 18.6. The van der Waals surface area contributed by atoms with E-state index in [-0.39, 0.29) is 35.3 Å². The first-order chi connectivity index (χ1) is 18.9. The summed E-state index contributed by atoms with van der Waals surface area (Å²) >= 11 is 0. The molecule has 2 amide bonds. The average Bonchev–Trinajstić information content (AvgIpc) is 2.95. The molecule has 0 aliphatic heterocycles. The number of carbonyl (C=O) groups excluding carboxylic acids is 2. The minimum absolute atomic E-state index is 0.0529. The Bertz CT molecular complexity index is 1410. The van der Waals surface area contributed by atoms with Gasteiger partial charge >= 0.3 is 0 Å². The molecule has 39 heavy (non-hydrogen) atoms. The van der Waals surface area contributed by atoms with E-state index in [1.807, 2.05) is 6.92 Å². The van der Waals surface area contributed by atoms with E-state index in [2.05, 4.69) is 15.3 Å². The molecular weight excluding hydrogens is 497 g/mol. The van der Waals surface area contributed by atoms with Crippen molar-refractivity contribution in [3.8, 4) is 0 Å². The summed E-state index contributed by atoms with van der Waals surface area (Å²) in [6.07, 6.45) is 4.65. The number of azide groups is 1. The van der Waals surface area contributed by atoms with E-state index in [0.717, 1.165) is 42.6 Å². The lowest BCUT2D eigenvalue weighted by atomic mass is 9.95. The van der Waals surface area contributed by atoms with Crippen molar-refractivity contribution in [2.24, 2.45) is 5.11 Å². The van der Waals surface area contributed by atoms with E-state index in [9.17, 15) is 19.1 Å². The van der Waals surface area contributed by atoms with Gasteiger partial charge in [0.2, 0.25) is 0 Å². The second-order valence-corrected chi connectivity index (χ2v) is 9.60. The van der Waals surface area contributed by atoms with Gasteiger partial charge in [-0.3, -0.25) is 14.5 Å². The lowest BCUT2D eigenvalue weighted by Gasteiger charge is -2.29. The van der Waals surface area contributed by atoms with Crippen molar-refractivity contribution in [3.63, 3.8) is 0 Å². The van der Waals surface area contributed by atoms with Gasteiger partial charge in [-0.25, -0.2) is 4.39 Å². The summed E-state index contributed by atoms with van der Waals surface area (Å²) in [4.78, 5) is 31.9. The van der Waals surface area contributed by atoms with Crippen LogP contribution >= 0.6 is 0 Å². The number of aliphatic hydroxyl groups is 1. The zero-order chi connectivity index (χ0) is 27.8. The monoisotopic (exact) mass is 527 g/mol. The molecule has 3 aromatic rings. The SMILES string of the molecule is Cc1ccc(/C(O)=C(/C(=O)NC2CCCCC2)N(Cc2ccc(F)cc2)C(=O)c2ccccc2N=[N+]=[N-])cc1. The third-order valence-corrected chi connectivity index (χ3v) is 6.76. The van der Waals surface area contributed by atoms with E-state index in [1.165, 1.54) is 36.4 Å². The summed E-state index contributed by atoms with van der Waals surface area (Å²) in [6.45, 7) is 1.76. The molecule has 0 bridgehead atoms. The standard InChI is InChI=1S/C30H30FN5O3/c1-20-11-15-22(16-12-20)28(37)27(29(38)33-24-7-3-2-4-8-24)36(19-21-13-17-23(31)18-14-21)30(39)25-9-5-6-10-26(25)34-35-32/h5-6,9-18,24,37H,2-4,7-8,19H2,1H3,(H,33,38)/b28-27+. The van der Waals surface area contributed by atoms with Gasteiger partial charge < -0.3 is 10.4 Å². The maximum atomic E-state index is 14.1. The van der Waals surface area contributed by atoms with Crippen molar-refractivity contribution in [1.29, 1.82) is 0 Å². The first-order valence-electron chi connectivity index (χ1n) is 12.9. The summed E-state index contributed by atoms with van der Waals surface area (Å²) < 4.78 is 13.7. The van der Waals surface area contributed by atoms with Crippen molar-refractivity contribution in [1.82, 2.24) is 10.2 Å². The number of hydrogen-bond donors (Lipinski definition) is 2. The minimum Gasteiger partial charge on any atom is -0.505 e. The molecule has 1 aliphatic rings. The summed E-state index contributed by atoms with van der Waals surface area (Å²) in [7, 11) is 0. The number of hydrogen-bond acceptors (Lipinski definition) is 4. The minimum atomic E-state index is -0.658. The van der Waals surface area contributed by atoms with E-state index in [4.69, 9.17) is 5.53 Å². The quantitative estimate of drug-likeness (QED) is 0.107. The molecule has 200 valence electrons. The van der Waals surface area contributed by atoms with E-state index >= 15 is 0 Å². The number of benzene rings is 3. The molecule has 2 N–H and O–H groups in total. The maximum absolute atomic E-state index is 14.1. The van der Waals surface area contributed by atoms with Crippen LogP contribution in [0.1, 0.15) is 59.2 Å². The molecule has 0 spiro atoms. The second kappa shape index (κ2) is 12.8. The topological polar surface area (TPSA) is 118 Å². The number of carbonyl (C=O) groups is 2. The second-order valence-electron chi connectivity index (χ2n) is 9.60.